The maximum Gasteiger partial charge on any atom is 0.157 e. The van der Waals surface area contributed by atoms with E-state index < -0.39 is 0 Å². The van der Waals surface area contributed by atoms with E-state index in [4.69, 9.17) is 16.3 Å². The Morgan fingerprint density at radius 1 is 1.35 bits per heavy atom. The smallest absolute Gasteiger partial charge is 0.157 e. The molecule has 0 bridgehead atoms. The summed E-state index contributed by atoms with van der Waals surface area (Å²) in [5, 5.41) is 3.42. The zero-order chi connectivity index (χ0) is 13.9. The van der Waals surface area contributed by atoms with Gasteiger partial charge in [0.05, 0.1) is 6.61 Å². The molecule has 0 aromatic carbocycles. The Kier molecular flexibility index (Phi) is 4.34. The van der Waals surface area contributed by atoms with Gasteiger partial charge in [0.15, 0.2) is 5.82 Å². The van der Waals surface area contributed by atoms with Gasteiger partial charge in [0.2, 0.25) is 0 Å². The van der Waals surface area contributed by atoms with E-state index in [1.807, 2.05) is 11.4 Å². The Morgan fingerprint density at radius 3 is 3.05 bits per heavy atom. The molecule has 2 aromatic rings. The zero-order valence-electron chi connectivity index (χ0n) is 11.4. The second-order valence-electron chi connectivity index (χ2n) is 5.27. The van der Waals surface area contributed by atoms with Crippen LogP contribution in [0.25, 0.3) is 10.2 Å². The maximum atomic E-state index is 6.15. The molecule has 1 aliphatic carbocycles. The quantitative estimate of drug-likeness (QED) is 0.617. The zero-order valence-corrected chi connectivity index (χ0v) is 13.0. The van der Waals surface area contributed by atoms with Crippen molar-refractivity contribution in [3.63, 3.8) is 0 Å². The summed E-state index contributed by atoms with van der Waals surface area (Å²) in [4.78, 5) is 9.71. The Bertz CT molecular complexity index is 625. The van der Waals surface area contributed by atoms with Gasteiger partial charge in [-0.15, -0.1) is 11.3 Å². The molecule has 2 heterocycles. The van der Waals surface area contributed by atoms with Crippen molar-refractivity contribution in [1.82, 2.24) is 9.97 Å². The highest BCUT2D eigenvalue weighted by atomic mass is 35.5. The van der Waals surface area contributed by atoms with Gasteiger partial charge in [0.1, 0.15) is 16.6 Å². The Morgan fingerprint density at radius 2 is 2.20 bits per heavy atom. The standard InChI is InChI=1S/C15H17ClN2OS/c1-10-4-2-3-5-11(10)8-19-9-13-17-14(16)12-6-7-20-15(12)18-13/h2-3,6-7,10-11H,4-5,8-9H2,1H3. The molecular weight excluding hydrogens is 292 g/mol. The van der Waals surface area contributed by atoms with Crippen molar-refractivity contribution in [3.8, 4) is 0 Å². The van der Waals surface area contributed by atoms with Crippen molar-refractivity contribution in [2.75, 3.05) is 6.61 Å². The third-order valence-corrected chi connectivity index (χ3v) is 4.90. The molecule has 0 radical (unpaired) electrons. The van der Waals surface area contributed by atoms with Crippen LogP contribution in [0.4, 0.5) is 0 Å². The summed E-state index contributed by atoms with van der Waals surface area (Å²) in [6.45, 7) is 3.47. The van der Waals surface area contributed by atoms with E-state index in [1.54, 1.807) is 11.3 Å². The van der Waals surface area contributed by atoms with Crippen molar-refractivity contribution in [2.24, 2.45) is 11.8 Å². The minimum atomic E-state index is 0.431. The Hall–Kier alpha value is -0.970. The van der Waals surface area contributed by atoms with E-state index in [9.17, 15) is 0 Å². The number of thiophene rings is 1. The minimum Gasteiger partial charge on any atom is -0.373 e. The summed E-state index contributed by atoms with van der Waals surface area (Å²) >= 11 is 7.72. The molecular formula is C15H17ClN2OS. The van der Waals surface area contributed by atoms with Gasteiger partial charge in [0.25, 0.3) is 0 Å². The summed E-state index contributed by atoms with van der Waals surface area (Å²) in [7, 11) is 0. The molecule has 106 valence electrons. The normalized spacial score (nSPS) is 22.5. The number of ether oxygens (including phenoxy) is 1. The predicted octanol–water partition coefficient (Wildman–Crippen LogP) is 4.46. The fraction of sp³-hybridized carbons (Fsp3) is 0.467. The lowest BCUT2D eigenvalue weighted by Crippen LogP contribution is -2.19. The van der Waals surface area contributed by atoms with Crippen LogP contribution in [0, 0.1) is 11.8 Å². The molecule has 3 nitrogen and oxygen atoms in total. The third-order valence-electron chi connectivity index (χ3n) is 3.81. The van der Waals surface area contributed by atoms with E-state index >= 15 is 0 Å². The molecule has 0 saturated heterocycles. The molecule has 2 atom stereocenters. The van der Waals surface area contributed by atoms with Gasteiger partial charge < -0.3 is 4.74 Å². The monoisotopic (exact) mass is 308 g/mol. The Balaban J connectivity index is 1.61. The van der Waals surface area contributed by atoms with Gasteiger partial charge in [-0.2, -0.15) is 0 Å². The first kappa shape index (κ1) is 14.0. The van der Waals surface area contributed by atoms with Crippen LogP contribution >= 0.6 is 22.9 Å². The summed E-state index contributed by atoms with van der Waals surface area (Å²) < 4.78 is 5.80. The highest BCUT2D eigenvalue weighted by Gasteiger charge is 2.18. The Labute approximate surface area is 127 Å². The molecule has 1 aliphatic rings. The molecule has 20 heavy (non-hydrogen) atoms. The first-order valence-corrected chi connectivity index (χ1v) is 8.12. The van der Waals surface area contributed by atoms with Crippen molar-refractivity contribution < 1.29 is 4.74 Å². The summed E-state index contributed by atoms with van der Waals surface area (Å²) in [5.41, 5.74) is 0. The van der Waals surface area contributed by atoms with E-state index in [1.165, 1.54) is 0 Å². The van der Waals surface area contributed by atoms with Crippen LogP contribution < -0.4 is 0 Å². The fourth-order valence-corrected chi connectivity index (χ4v) is 3.55. The average molecular weight is 309 g/mol. The van der Waals surface area contributed by atoms with Gasteiger partial charge in [-0.3, -0.25) is 0 Å². The minimum absolute atomic E-state index is 0.431. The molecule has 3 rings (SSSR count). The number of nitrogens with zero attached hydrogens (tertiary/aromatic N) is 2. The average Bonchev–Trinajstić information content (AvgIpc) is 2.90. The predicted molar refractivity (Wildman–Crippen MR) is 83.1 cm³/mol. The van der Waals surface area contributed by atoms with E-state index in [0.717, 1.165) is 29.7 Å². The topological polar surface area (TPSA) is 35.0 Å². The third kappa shape index (κ3) is 3.03. The second-order valence-corrected chi connectivity index (χ2v) is 6.52. The molecule has 5 heteroatoms. The highest BCUT2D eigenvalue weighted by Crippen LogP contribution is 2.26. The van der Waals surface area contributed by atoms with Crippen molar-refractivity contribution in [1.29, 1.82) is 0 Å². The van der Waals surface area contributed by atoms with Crippen molar-refractivity contribution in [3.05, 3.63) is 34.6 Å². The number of rotatable bonds is 4. The lowest BCUT2D eigenvalue weighted by atomic mass is 9.85. The van der Waals surface area contributed by atoms with Gasteiger partial charge in [0, 0.05) is 5.39 Å². The highest BCUT2D eigenvalue weighted by molar-refractivity contribution is 7.16. The first-order chi connectivity index (χ1) is 9.74. The van der Waals surface area contributed by atoms with Crippen LogP contribution in [-0.2, 0) is 11.3 Å². The van der Waals surface area contributed by atoms with Crippen LogP contribution in [0.2, 0.25) is 5.15 Å². The van der Waals surface area contributed by atoms with Crippen molar-refractivity contribution in [2.45, 2.75) is 26.4 Å². The molecule has 0 spiro atoms. The van der Waals surface area contributed by atoms with Crippen LogP contribution in [0.3, 0.4) is 0 Å². The van der Waals surface area contributed by atoms with Crippen LogP contribution in [0.15, 0.2) is 23.6 Å². The number of hydrogen-bond acceptors (Lipinski definition) is 4. The fourth-order valence-electron chi connectivity index (χ4n) is 2.47. The first-order valence-electron chi connectivity index (χ1n) is 6.86. The number of aromatic nitrogens is 2. The van der Waals surface area contributed by atoms with Gasteiger partial charge in [-0.25, -0.2) is 9.97 Å². The maximum absolute atomic E-state index is 6.15. The molecule has 0 fully saturated rings. The lowest BCUT2D eigenvalue weighted by Gasteiger charge is -2.24. The van der Waals surface area contributed by atoms with Gasteiger partial charge in [-0.05, 0) is 36.1 Å². The van der Waals surface area contributed by atoms with E-state index in [-0.39, 0.29) is 0 Å². The number of fused-ring (bicyclic) bond motifs is 1. The molecule has 2 aromatic heterocycles. The molecule has 2 unspecified atom stereocenters. The summed E-state index contributed by atoms with van der Waals surface area (Å²) in [6.07, 6.45) is 6.76. The van der Waals surface area contributed by atoms with E-state index in [2.05, 4.69) is 29.0 Å². The molecule has 0 saturated carbocycles. The second kappa shape index (κ2) is 6.20. The molecule has 0 aliphatic heterocycles. The van der Waals surface area contributed by atoms with Gasteiger partial charge in [-0.1, -0.05) is 30.7 Å². The van der Waals surface area contributed by atoms with Crippen molar-refractivity contribution >= 4 is 33.2 Å². The van der Waals surface area contributed by atoms with E-state index in [0.29, 0.717) is 29.4 Å². The summed E-state index contributed by atoms with van der Waals surface area (Å²) in [5.74, 6) is 1.95. The van der Waals surface area contributed by atoms with Gasteiger partial charge >= 0.3 is 0 Å². The number of hydrogen-bond donors (Lipinski definition) is 0. The van der Waals surface area contributed by atoms with Crippen LogP contribution in [0.1, 0.15) is 25.6 Å². The molecule has 0 N–H and O–H groups in total. The SMILES string of the molecule is CC1CC=CCC1COCc1nc(Cl)c2ccsc2n1. The largest absolute Gasteiger partial charge is 0.373 e. The van der Waals surface area contributed by atoms with Crippen LogP contribution in [0.5, 0.6) is 0 Å². The number of halogens is 1. The van der Waals surface area contributed by atoms with Crippen LogP contribution in [-0.4, -0.2) is 16.6 Å². The lowest BCUT2D eigenvalue weighted by molar-refractivity contribution is 0.0644. The summed E-state index contributed by atoms with van der Waals surface area (Å²) in [6, 6.07) is 1.95. The molecule has 0 amide bonds. The number of allylic oxidation sites excluding steroid dienone is 2.